The average Bonchev–Trinajstić information content (AvgIpc) is 2.32. The predicted molar refractivity (Wildman–Crippen MR) is 71.9 cm³/mol. The van der Waals surface area contributed by atoms with Crippen molar-refractivity contribution >= 4 is 17.4 Å². The van der Waals surface area contributed by atoms with Crippen molar-refractivity contribution in [2.75, 3.05) is 18.1 Å². The molecule has 100 valence electrons. The van der Waals surface area contributed by atoms with Gasteiger partial charge in [-0.15, -0.1) is 0 Å². The number of benzene rings is 1. The number of nitrogens with one attached hydrogen (secondary N) is 2. The van der Waals surface area contributed by atoms with Crippen molar-refractivity contribution in [1.29, 1.82) is 0 Å². The quantitative estimate of drug-likeness (QED) is 0.475. The average molecular weight is 252 g/mol. The summed E-state index contributed by atoms with van der Waals surface area (Å²) in [5.74, 6) is 0. The second-order valence-corrected chi connectivity index (χ2v) is 4.13. The van der Waals surface area contributed by atoms with Gasteiger partial charge in [0.15, 0.2) is 0 Å². The molecule has 0 radical (unpaired) electrons. The van der Waals surface area contributed by atoms with Crippen LogP contribution in [0.2, 0.25) is 0 Å². The van der Waals surface area contributed by atoms with E-state index in [0.717, 1.165) is 0 Å². The lowest BCUT2D eigenvalue weighted by atomic mass is 10.2. The monoisotopic (exact) mass is 252 g/mol. The Labute approximate surface area is 107 Å². The van der Waals surface area contributed by atoms with E-state index >= 15 is 0 Å². The first-order chi connectivity index (χ1) is 8.45. The van der Waals surface area contributed by atoms with Crippen molar-refractivity contribution in [3.05, 3.63) is 24.3 Å². The number of aliphatic hydroxyl groups is 1. The highest BCUT2D eigenvalue weighted by atomic mass is 16.3. The van der Waals surface area contributed by atoms with Crippen molar-refractivity contribution < 1.29 is 9.90 Å². The Balaban J connectivity index is 2.71. The van der Waals surface area contributed by atoms with Gasteiger partial charge in [-0.2, -0.15) is 0 Å². The zero-order valence-corrected chi connectivity index (χ0v) is 10.8. The number of amides is 2. The zero-order chi connectivity index (χ0) is 13.7. The van der Waals surface area contributed by atoms with Crippen LogP contribution in [-0.2, 0) is 0 Å². The molecule has 2 amide bonds. The molecular weight excluding hydrogens is 232 g/mol. The number of carbonyl (C=O) groups excluding carboxylic acids is 1. The molecule has 0 aliphatic rings. The summed E-state index contributed by atoms with van der Waals surface area (Å²) in [6, 6.07) is 6.16. The van der Waals surface area contributed by atoms with Crippen LogP contribution in [0.4, 0.5) is 16.2 Å². The minimum Gasteiger partial charge on any atom is -0.399 e. The van der Waals surface area contributed by atoms with Gasteiger partial charge in [-0.1, -0.05) is 0 Å². The molecule has 6 heteroatoms. The first kappa shape index (κ1) is 14.3. The molecule has 2 atom stereocenters. The minimum atomic E-state index is -0.630. The topological polar surface area (TPSA) is 90.6 Å². The molecule has 0 heterocycles. The van der Waals surface area contributed by atoms with Crippen LogP contribution in [0, 0.1) is 0 Å². The summed E-state index contributed by atoms with van der Waals surface area (Å²) in [4.78, 5) is 12.0. The number of hydrogen-bond donors (Lipinski definition) is 4. The van der Waals surface area contributed by atoms with Crippen molar-refractivity contribution in [2.45, 2.75) is 26.0 Å². The van der Waals surface area contributed by atoms with Crippen LogP contribution in [-0.4, -0.2) is 35.3 Å². The highest BCUT2D eigenvalue weighted by Crippen LogP contribution is 2.12. The summed E-state index contributed by atoms with van der Waals surface area (Å²) < 4.78 is 0. The van der Waals surface area contributed by atoms with Gasteiger partial charge in [-0.25, -0.2) is 10.2 Å². The molecule has 0 aliphatic carbocycles. The van der Waals surface area contributed by atoms with Gasteiger partial charge in [0.05, 0.1) is 12.1 Å². The lowest BCUT2D eigenvalue weighted by Gasteiger charge is -2.30. The molecule has 18 heavy (non-hydrogen) atoms. The molecular formula is C12H20N4O2. The largest absolute Gasteiger partial charge is 0.399 e. The Kier molecular flexibility index (Phi) is 4.94. The molecule has 0 fully saturated rings. The lowest BCUT2D eigenvalue weighted by molar-refractivity contribution is 0.0707. The number of aliphatic hydroxyl groups excluding tert-OH is 1. The smallest absolute Gasteiger partial charge is 0.336 e. The Morgan fingerprint density at radius 1 is 1.33 bits per heavy atom. The van der Waals surface area contributed by atoms with Crippen LogP contribution < -0.4 is 16.5 Å². The summed E-state index contributed by atoms with van der Waals surface area (Å²) in [6.45, 7) is 3.38. The minimum absolute atomic E-state index is 0.337. The van der Waals surface area contributed by atoms with Gasteiger partial charge >= 0.3 is 6.03 Å². The fraction of sp³-hybridized carbons (Fsp3) is 0.417. The number of nitrogens with two attached hydrogens (primary N) is 1. The van der Waals surface area contributed by atoms with Gasteiger partial charge in [0.2, 0.25) is 0 Å². The third kappa shape index (κ3) is 3.61. The summed E-state index contributed by atoms with van der Waals surface area (Å²) in [5.41, 5.74) is 9.59. The van der Waals surface area contributed by atoms with Gasteiger partial charge in [0.25, 0.3) is 0 Å². The second kappa shape index (κ2) is 6.23. The predicted octanol–water partition coefficient (Wildman–Crippen LogP) is 1.01. The Hall–Kier alpha value is -1.79. The molecule has 1 rings (SSSR count). The Morgan fingerprint density at radius 2 is 1.89 bits per heavy atom. The third-order valence-corrected chi connectivity index (χ3v) is 2.73. The number of hydrogen-bond acceptors (Lipinski definition) is 4. The van der Waals surface area contributed by atoms with E-state index in [9.17, 15) is 9.90 Å². The first-order valence-corrected chi connectivity index (χ1v) is 5.77. The Bertz CT molecular complexity index is 392. The van der Waals surface area contributed by atoms with E-state index in [1.54, 1.807) is 45.2 Å². The standard InChI is InChI=1S/C12H20N4O2/c1-8(9(2)17)16(14-3)12(18)15-11-6-4-10(13)5-7-11/h4-9,14,17H,13H2,1-3H3,(H,15,18). The van der Waals surface area contributed by atoms with Crippen LogP contribution in [0.15, 0.2) is 24.3 Å². The molecule has 5 N–H and O–H groups in total. The van der Waals surface area contributed by atoms with E-state index in [1.165, 1.54) is 5.01 Å². The summed E-state index contributed by atoms with van der Waals surface area (Å²) >= 11 is 0. The summed E-state index contributed by atoms with van der Waals surface area (Å²) in [6.07, 6.45) is -0.630. The van der Waals surface area contributed by atoms with Crippen LogP contribution >= 0.6 is 0 Å². The normalized spacial score (nSPS) is 13.8. The van der Waals surface area contributed by atoms with E-state index in [-0.39, 0.29) is 12.1 Å². The highest BCUT2D eigenvalue weighted by molar-refractivity contribution is 5.89. The highest BCUT2D eigenvalue weighted by Gasteiger charge is 2.22. The van der Waals surface area contributed by atoms with Crippen molar-refractivity contribution in [3.8, 4) is 0 Å². The SMILES string of the molecule is CNN(C(=O)Nc1ccc(N)cc1)C(C)C(C)O. The van der Waals surface area contributed by atoms with E-state index in [2.05, 4.69) is 10.7 Å². The molecule has 0 saturated carbocycles. The molecule has 2 unspecified atom stereocenters. The molecule has 0 saturated heterocycles. The van der Waals surface area contributed by atoms with Crippen LogP contribution in [0.25, 0.3) is 0 Å². The van der Waals surface area contributed by atoms with Crippen molar-refractivity contribution in [2.24, 2.45) is 0 Å². The fourth-order valence-corrected chi connectivity index (χ4v) is 1.46. The van der Waals surface area contributed by atoms with Crippen LogP contribution in [0.3, 0.4) is 0 Å². The summed E-state index contributed by atoms with van der Waals surface area (Å²) in [5, 5.41) is 13.5. The van der Waals surface area contributed by atoms with Crippen LogP contribution in [0.5, 0.6) is 0 Å². The van der Waals surface area contributed by atoms with E-state index < -0.39 is 6.10 Å². The maximum Gasteiger partial charge on any atom is 0.336 e. The number of urea groups is 1. The fourth-order valence-electron chi connectivity index (χ4n) is 1.46. The van der Waals surface area contributed by atoms with Gasteiger partial charge in [0, 0.05) is 18.4 Å². The zero-order valence-electron chi connectivity index (χ0n) is 10.8. The van der Waals surface area contributed by atoms with E-state index in [1.807, 2.05) is 0 Å². The number of hydrazine groups is 1. The maximum atomic E-state index is 12.0. The van der Waals surface area contributed by atoms with Gasteiger partial charge in [-0.05, 0) is 38.1 Å². The number of nitrogens with zero attached hydrogens (tertiary/aromatic N) is 1. The molecule has 0 spiro atoms. The molecule has 0 aromatic heterocycles. The molecule has 1 aromatic rings. The molecule has 0 aliphatic heterocycles. The maximum absolute atomic E-state index is 12.0. The third-order valence-electron chi connectivity index (χ3n) is 2.73. The lowest BCUT2D eigenvalue weighted by Crippen LogP contribution is -2.52. The molecule has 6 nitrogen and oxygen atoms in total. The van der Waals surface area contributed by atoms with Crippen LogP contribution in [0.1, 0.15) is 13.8 Å². The van der Waals surface area contributed by atoms with Crippen molar-refractivity contribution in [1.82, 2.24) is 10.4 Å². The number of rotatable bonds is 4. The second-order valence-electron chi connectivity index (χ2n) is 4.13. The number of carbonyl (C=O) groups is 1. The van der Waals surface area contributed by atoms with Gasteiger partial charge in [0.1, 0.15) is 0 Å². The molecule has 0 bridgehead atoms. The van der Waals surface area contributed by atoms with Crippen molar-refractivity contribution in [3.63, 3.8) is 0 Å². The van der Waals surface area contributed by atoms with E-state index in [0.29, 0.717) is 11.4 Å². The van der Waals surface area contributed by atoms with Gasteiger partial charge in [-0.3, -0.25) is 5.01 Å². The molecule has 1 aromatic carbocycles. The number of anilines is 2. The van der Waals surface area contributed by atoms with Gasteiger partial charge < -0.3 is 16.2 Å². The number of nitrogen functional groups attached to an aromatic ring is 1. The Morgan fingerprint density at radius 3 is 2.33 bits per heavy atom. The van der Waals surface area contributed by atoms with E-state index in [4.69, 9.17) is 5.73 Å². The summed E-state index contributed by atoms with van der Waals surface area (Å²) in [7, 11) is 1.63. The first-order valence-electron chi connectivity index (χ1n) is 5.77.